The van der Waals surface area contributed by atoms with Gasteiger partial charge in [-0.25, -0.2) is 4.68 Å². The highest BCUT2D eigenvalue weighted by Crippen LogP contribution is 2.20. The quantitative estimate of drug-likeness (QED) is 0.765. The van der Waals surface area contributed by atoms with Gasteiger partial charge >= 0.3 is 0 Å². The normalized spacial score (nSPS) is 10.4. The van der Waals surface area contributed by atoms with E-state index in [4.69, 9.17) is 17.3 Å². The molecule has 2 amide bonds. The van der Waals surface area contributed by atoms with Crippen LogP contribution in [0.1, 0.15) is 20.7 Å². The molecule has 3 rings (SSSR count). The molecule has 0 atom stereocenters. The van der Waals surface area contributed by atoms with Crippen LogP contribution >= 0.6 is 11.6 Å². The maximum Gasteiger partial charge on any atom is 0.255 e. The molecule has 120 valence electrons. The Balaban J connectivity index is 1.76. The van der Waals surface area contributed by atoms with Crippen molar-refractivity contribution in [1.29, 1.82) is 0 Å². The summed E-state index contributed by atoms with van der Waals surface area (Å²) in [6.45, 7) is 0. The van der Waals surface area contributed by atoms with E-state index in [0.717, 1.165) is 0 Å². The number of para-hydroxylation sites is 1. The van der Waals surface area contributed by atoms with Crippen LogP contribution in [0.2, 0.25) is 5.02 Å². The molecule has 0 radical (unpaired) electrons. The number of carbonyl (C=O) groups excluding carboxylic acids is 2. The highest BCUT2D eigenvalue weighted by atomic mass is 35.5. The first-order chi connectivity index (χ1) is 11.5. The Hall–Kier alpha value is -3.12. The van der Waals surface area contributed by atoms with E-state index in [2.05, 4.69) is 10.4 Å². The Morgan fingerprint density at radius 1 is 1.04 bits per heavy atom. The third kappa shape index (κ3) is 3.28. The average molecular weight is 341 g/mol. The van der Waals surface area contributed by atoms with Crippen molar-refractivity contribution in [2.75, 3.05) is 5.32 Å². The molecule has 24 heavy (non-hydrogen) atoms. The van der Waals surface area contributed by atoms with Crippen LogP contribution in [0.5, 0.6) is 0 Å². The van der Waals surface area contributed by atoms with Crippen molar-refractivity contribution in [2.45, 2.75) is 0 Å². The van der Waals surface area contributed by atoms with Crippen LogP contribution in [-0.2, 0) is 0 Å². The number of hydrogen-bond donors (Lipinski definition) is 2. The number of benzene rings is 2. The molecule has 0 aliphatic carbocycles. The van der Waals surface area contributed by atoms with Crippen LogP contribution in [-0.4, -0.2) is 21.6 Å². The minimum Gasteiger partial charge on any atom is -0.366 e. The van der Waals surface area contributed by atoms with E-state index in [1.54, 1.807) is 16.9 Å². The van der Waals surface area contributed by atoms with Gasteiger partial charge in [-0.1, -0.05) is 23.7 Å². The molecular weight excluding hydrogens is 328 g/mol. The van der Waals surface area contributed by atoms with Crippen LogP contribution < -0.4 is 11.1 Å². The summed E-state index contributed by atoms with van der Waals surface area (Å²) in [5.41, 5.74) is 7.17. The predicted molar refractivity (Wildman–Crippen MR) is 91.5 cm³/mol. The molecule has 0 fully saturated rings. The van der Waals surface area contributed by atoms with E-state index >= 15 is 0 Å². The maximum absolute atomic E-state index is 12.2. The zero-order valence-electron chi connectivity index (χ0n) is 12.4. The molecule has 0 aliphatic rings. The zero-order valence-corrected chi connectivity index (χ0v) is 13.2. The van der Waals surface area contributed by atoms with E-state index in [0.29, 0.717) is 27.5 Å². The number of aromatic nitrogens is 2. The minimum atomic E-state index is -0.539. The largest absolute Gasteiger partial charge is 0.366 e. The van der Waals surface area contributed by atoms with Gasteiger partial charge in [-0.3, -0.25) is 9.59 Å². The van der Waals surface area contributed by atoms with E-state index < -0.39 is 5.91 Å². The number of nitrogens with one attached hydrogen (secondary N) is 1. The number of anilines is 1. The monoisotopic (exact) mass is 340 g/mol. The summed E-state index contributed by atoms with van der Waals surface area (Å²) in [4.78, 5) is 23.3. The molecule has 6 nitrogen and oxygen atoms in total. The average Bonchev–Trinajstić information content (AvgIpc) is 3.03. The number of nitrogens with two attached hydrogens (primary N) is 1. The fourth-order valence-electron chi connectivity index (χ4n) is 2.15. The molecule has 1 heterocycles. The Morgan fingerprint density at radius 2 is 1.71 bits per heavy atom. The Labute approximate surface area is 142 Å². The third-order valence-electron chi connectivity index (χ3n) is 3.37. The standard InChI is InChI=1S/C17H13ClN4O2/c18-14-3-1-2-4-15(14)22-10-13(9-20-22)21-17(24)12-7-5-11(6-8-12)16(19)23/h1-10H,(H2,19,23)(H,21,24). The first-order valence-corrected chi connectivity index (χ1v) is 7.43. The molecule has 0 saturated heterocycles. The lowest BCUT2D eigenvalue weighted by Crippen LogP contribution is -2.13. The van der Waals surface area contributed by atoms with Crippen molar-refractivity contribution in [2.24, 2.45) is 5.73 Å². The molecule has 3 aromatic rings. The minimum absolute atomic E-state index is 0.315. The summed E-state index contributed by atoms with van der Waals surface area (Å²) in [6, 6.07) is 13.3. The fourth-order valence-corrected chi connectivity index (χ4v) is 2.37. The first kappa shape index (κ1) is 15.8. The van der Waals surface area contributed by atoms with Gasteiger partial charge in [-0.05, 0) is 36.4 Å². The molecule has 0 spiro atoms. The molecular formula is C17H13ClN4O2. The van der Waals surface area contributed by atoms with Gasteiger partial charge in [-0.2, -0.15) is 5.10 Å². The summed E-state index contributed by atoms with van der Waals surface area (Å²) in [5.74, 6) is -0.854. The van der Waals surface area contributed by atoms with Crippen LogP contribution in [0.4, 0.5) is 5.69 Å². The Bertz CT molecular complexity index is 903. The summed E-state index contributed by atoms with van der Waals surface area (Å²) in [5, 5.41) is 7.48. The highest BCUT2D eigenvalue weighted by Gasteiger charge is 2.10. The van der Waals surface area contributed by atoms with E-state index in [-0.39, 0.29) is 5.91 Å². The van der Waals surface area contributed by atoms with Crippen molar-refractivity contribution in [3.63, 3.8) is 0 Å². The second-order valence-electron chi connectivity index (χ2n) is 5.02. The second kappa shape index (κ2) is 6.55. The van der Waals surface area contributed by atoms with Gasteiger partial charge in [0.1, 0.15) is 0 Å². The van der Waals surface area contributed by atoms with Gasteiger partial charge in [-0.15, -0.1) is 0 Å². The molecule has 0 bridgehead atoms. The molecule has 7 heteroatoms. The van der Waals surface area contributed by atoms with Crippen LogP contribution in [0.3, 0.4) is 0 Å². The lowest BCUT2D eigenvalue weighted by Gasteiger charge is -2.04. The maximum atomic E-state index is 12.2. The van der Waals surface area contributed by atoms with E-state index in [1.807, 2.05) is 18.2 Å². The van der Waals surface area contributed by atoms with Gasteiger partial charge in [0.2, 0.25) is 5.91 Å². The smallest absolute Gasteiger partial charge is 0.255 e. The number of nitrogens with zero attached hydrogens (tertiary/aromatic N) is 2. The lowest BCUT2D eigenvalue weighted by atomic mass is 10.1. The van der Waals surface area contributed by atoms with E-state index in [1.165, 1.54) is 30.5 Å². The Morgan fingerprint density at radius 3 is 2.38 bits per heavy atom. The number of amides is 2. The van der Waals surface area contributed by atoms with Crippen molar-refractivity contribution in [3.8, 4) is 5.69 Å². The summed E-state index contributed by atoms with van der Waals surface area (Å²) in [7, 11) is 0. The number of carbonyl (C=O) groups is 2. The van der Waals surface area contributed by atoms with Gasteiger partial charge in [0, 0.05) is 11.1 Å². The van der Waals surface area contributed by atoms with Gasteiger partial charge in [0.15, 0.2) is 0 Å². The topological polar surface area (TPSA) is 90.0 Å². The number of halogens is 1. The van der Waals surface area contributed by atoms with Gasteiger partial charge in [0.25, 0.3) is 5.91 Å². The summed E-state index contributed by atoms with van der Waals surface area (Å²) < 4.78 is 1.58. The van der Waals surface area contributed by atoms with Gasteiger partial charge in [0.05, 0.1) is 28.8 Å². The number of rotatable bonds is 4. The number of hydrogen-bond acceptors (Lipinski definition) is 3. The summed E-state index contributed by atoms with van der Waals surface area (Å²) in [6.07, 6.45) is 3.19. The van der Waals surface area contributed by atoms with Crippen molar-refractivity contribution in [3.05, 3.63) is 77.1 Å². The van der Waals surface area contributed by atoms with Crippen LogP contribution in [0.25, 0.3) is 5.69 Å². The molecule has 2 aromatic carbocycles. The predicted octanol–water partition coefficient (Wildman–Crippen LogP) is 2.88. The Kier molecular flexibility index (Phi) is 4.31. The van der Waals surface area contributed by atoms with Crippen molar-refractivity contribution >= 4 is 29.1 Å². The van der Waals surface area contributed by atoms with Crippen molar-refractivity contribution in [1.82, 2.24) is 9.78 Å². The number of primary amides is 1. The molecule has 0 unspecified atom stereocenters. The molecule has 0 aliphatic heterocycles. The molecule has 1 aromatic heterocycles. The SMILES string of the molecule is NC(=O)c1ccc(C(=O)Nc2cnn(-c3ccccc3Cl)c2)cc1. The second-order valence-corrected chi connectivity index (χ2v) is 5.43. The van der Waals surface area contributed by atoms with Crippen molar-refractivity contribution < 1.29 is 9.59 Å². The van der Waals surface area contributed by atoms with E-state index in [9.17, 15) is 9.59 Å². The fraction of sp³-hybridized carbons (Fsp3) is 0. The lowest BCUT2D eigenvalue weighted by molar-refractivity contribution is 0.0995. The third-order valence-corrected chi connectivity index (χ3v) is 3.69. The van der Waals surface area contributed by atoms with Gasteiger partial charge < -0.3 is 11.1 Å². The highest BCUT2D eigenvalue weighted by molar-refractivity contribution is 6.32. The molecule has 3 N–H and O–H groups in total. The summed E-state index contributed by atoms with van der Waals surface area (Å²) >= 11 is 6.12. The first-order valence-electron chi connectivity index (χ1n) is 7.05. The van der Waals surface area contributed by atoms with Crippen LogP contribution in [0.15, 0.2) is 60.9 Å². The zero-order chi connectivity index (χ0) is 17.1. The van der Waals surface area contributed by atoms with Crippen LogP contribution in [0, 0.1) is 0 Å². The molecule has 0 saturated carbocycles.